The summed E-state index contributed by atoms with van der Waals surface area (Å²) < 4.78 is 69.5. The lowest BCUT2D eigenvalue weighted by Gasteiger charge is -2.43. The lowest BCUT2D eigenvalue weighted by molar-refractivity contribution is -0.0675. The molecule has 1 unspecified atom stereocenters. The lowest BCUT2D eigenvalue weighted by Crippen LogP contribution is -2.54. The number of benzene rings is 1. The third kappa shape index (κ3) is 4.78. The van der Waals surface area contributed by atoms with E-state index in [0.29, 0.717) is 30.6 Å². The number of halogens is 5. The number of pyridine rings is 1. The van der Waals surface area contributed by atoms with Gasteiger partial charge in [0.2, 0.25) is 0 Å². The Hall–Kier alpha value is -2.79. The fourth-order valence-electron chi connectivity index (χ4n) is 5.37. The number of aromatic amines is 1. The van der Waals surface area contributed by atoms with Crippen LogP contribution in [0, 0.1) is 5.82 Å². The second kappa shape index (κ2) is 9.93. The molecule has 1 saturated heterocycles. The molecule has 0 bridgehead atoms. The highest BCUT2D eigenvalue weighted by atomic mass is 19.3. The van der Waals surface area contributed by atoms with Crippen molar-refractivity contribution < 1.29 is 22.0 Å². The van der Waals surface area contributed by atoms with Gasteiger partial charge in [-0.2, -0.15) is 5.10 Å². The fourth-order valence-corrected chi connectivity index (χ4v) is 5.37. The summed E-state index contributed by atoms with van der Waals surface area (Å²) in [6.07, 6.45) is 4.11. The number of likely N-dealkylation sites (tertiary alicyclic amines) is 1. The fraction of sp³-hybridized carbons (Fsp3) is 0.520. The highest BCUT2D eigenvalue weighted by molar-refractivity contribution is 5.83. The molecule has 0 spiro atoms. The standard InChI is InChI=1S/C25H29F5N6/c1-15-7-19-18(3-4-22-20(19)10-32-34-22)24(36(15)14-25(29,30)13-27)23-21(28)8-16(9-31-23)33-17-11-35(12-17)6-2-5-26/h3-4,8-10,15,17,24,33H,2,5-7,11-14H2,1H3,(H,32,34)/t15-,24?/m1/s1. The van der Waals surface area contributed by atoms with Gasteiger partial charge in [-0.25, -0.2) is 17.6 Å². The summed E-state index contributed by atoms with van der Waals surface area (Å²) in [7, 11) is 0. The van der Waals surface area contributed by atoms with E-state index in [9.17, 15) is 17.6 Å². The zero-order valence-corrected chi connectivity index (χ0v) is 20.0. The molecule has 0 amide bonds. The molecule has 1 fully saturated rings. The van der Waals surface area contributed by atoms with Crippen LogP contribution < -0.4 is 5.32 Å². The van der Waals surface area contributed by atoms with Gasteiger partial charge in [-0.05, 0) is 37.0 Å². The normalized spacial score (nSPS) is 21.5. The summed E-state index contributed by atoms with van der Waals surface area (Å²) in [5, 5.41) is 11.1. The summed E-state index contributed by atoms with van der Waals surface area (Å²) in [5.74, 6) is -4.19. The van der Waals surface area contributed by atoms with Gasteiger partial charge in [-0.3, -0.25) is 24.3 Å². The third-order valence-electron chi connectivity index (χ3n) is 7.14. The quantitative estimate of drug-likeness (QED) is 0.417. The smallest absolute Gasteiger partial charge is 0.288 e. The Bertz CT molecular complexity index is 1210. The van der Waals surface area contributed by atoms with Gasteiger partial charge in [0.1, 0.15) is 5.82 Å². The Kier molecular flexibility index (Phi) is 6.86. The predicted octanol–water partition coefficient (Wildman–Crippen LogP) is 4.49. The second-order valence-corrected chi connectivity index (χ2v) is 9.82. The minimum atomic E-state index is -3.57. The van der Waals surface area contributed by atoms with Gasteiger partial charge in [-0.1, -0.05) is 6.07 Å². The second-order valence-electron chi connectivity index (χ2n) is 9.82. The molecule has 5 rings (SSSR count). The van der Waals surface area contributed by atoms with Crippen molar-refractivity contribution in [3.63, 3.8) is 0 Å². The van der Waals surface area contributed by atoms with Crippen LogP contribution in [0.4, 0.5) is 27.6 Å². The largest absolute Gasteiger partial charge is 0.378 e. The molecule has 36 heavy (non-hydrogen) atoms. The number of nitrogens with one attached hydrogen (secondary N) is 2. The van der Waals surface area contributed by atoms with Crippen LogP contribution in [0.5, 0.6) is 0 Å². The van der Waals surface area contributed by atoms with Crippen molar-refractivity contribution in [2.24, 2.45) is 0 Å². The number of nitrogens with zero attached hydrogens (tertiary/aromatic N) is 4. The Morgan fingerprint density at radius 2 is 2.00 bits per heavy atom. The van der Waals surface area contributed by atoms with Crippen LogP contribution in [0.3, 0.4) is 0 Å². The first-order valence-electron chi connectivity index (χ1n) is 12.1. The van der Waals surface area contributed by atoms with Crippen molar-refractivity contribution in [1.29, 1.82) is 0 Å². The molecule has 1 aromatic carbocycles. The molecule has 2 aliphatic rings. The van der Waals surface area contributed by atoms with Gasteiger partial charge < -0.3 is 5.32 Å². The number of alkyl halides is 4. The molecule has 0 aliphatic carbocycles. The van der Waals surface area contributed by atoms with Crippen molar-refractivity contribution >= 4 is 16.6 Å². The average Bonchev–Trinajstić information content (AvgIpc) is 3.31. The molecular weight excluding hydrogens is 479 g/mol. The third-order valence-corrected chi connectivity index (χ3v) is 7.14. The summed E-state index contributed by atoms with van der Waals surface area (Å²) in [4.78, 5) is 7.94. The first kappa shape index (κ1) is 24.9. The maximum Gasteiger partial charge on any atom is 0.288 e. The Labute approximate surface area is 205 Å². The number of rotatable bonds is 9. The van der Waals surface area contributed by atoms with E-state index in [4.69, 9.17) is 0 Å². The molecule has 6 nitrogen and oxygen atoms in total. The summed E-state index contributed by atoms with van der Waals surface area (Å²) in [6.45, 7) is 0.919. The van der Waals surface area contributed by atoms with E-state index in [2.05, 4.69) is 25.4 Å². The lowest BCUT2D eigenvalue weighted by atomic mass is 9.84. The zero-order chi connectivity index (χ0) is 25.4. The molecule has 2 aromatic heterocycles. The van der Waals surface area contributed by atoms with Crippen molar-refractivity contribution in [2.45, 2.75) is 43.8 Å². The van der Waals surface area contributed by atoms with Crippen LogP contribution in [0.2, 0.25) is 0 Å². The van der Waals surface area contributed by atoms with E-state index in [1.807, 2.05) is 0 Å². The van der Waals surface area contributed by atoms with E-state index < -0.39 is 37.0 Å². The highest BCUT2D eigenvalue weighted by Gasteiger charge is 2.42. The van der Waals surface area contributed by atoms with Gasteiger partial charge in [0, 0.05) is 37.1 Å². The van der Waals surface area contributed by atoms with E-state index in [0.717, 1.165) is 29.6 Å². The number of hydrogen-bond acceptors (Lipinski definition) is 5. The maximum absolute atomic E-state index is 15.6. The molecule has 0 saturated carbocycles. The Morgan fingerprint density at radius 3 is 2.72 bits per heavy atom. The number of aromatic nitrogens is 3. The van der Waals surface area contributed by atoms with E-state index >= 15 is 4.39 Å². The minimum absolute atomic E-state index is 0.0176. The molecule has 4 heterocycles. The van der Waals surface area contributed by atoms with Gasteiger partial charge in [0.15, 0.2) is 6.67 Å². The summed E-state index contributed by atoms with van der Waals surface area (Å²) >= 11 is 0. The van der Waals surface area contributed by atoms with E-state index in [1.54, 1.807) is 25.3 Å². The van der Waals surface area contributed by atoms with Gasteiger partial charge in [0.25, 0.3) is 5.92 Å². The first-order valence-corrected chi connectivity index (χ1v) is 12.1. The topological polar surface area (TPSA) is 60.1 Å². The maximum atomic E-state index is 15.6. The van der Waals surface area contributed by atoms with Crippen LogP contribution in [-0.2, 0) is 6.42 Å². The van der Waals surface area contributed by atoms with Crippen LogP contribution in [0.15, 0.2) is 30.6 Å². The minimum Gasteiger partial charge on any atom is -0.378 e. The zero-order valence-electron chi connectivity index (χ0n) is 20.0. The van der Waals surface area contributed by atoms with Gasteiger partial charge in [0.05, 0.1) is 54.6 Å². The van der Waals surface area contributed by atoms with Gasteiger partial charge >= 0.3 is 0 Å². The SMILES string of the molecule is C[C@@H]1Cc2c(ccc3[nH]ncc23)C(c2ncc(NC3CN(CCCF)C3)cc2F)N1CC(F)(F)CF. The van der Waals surface area contributed by atoms with Crippen LogP contribution in [0.1, 0.15) is 36.2 Å². The van der Waals surface area contributed by atoms with Crippen LogP contribution in [-0.4, -0.2) is 82.5 Å². The van der Waals surface area contributed by atoms with Crippen molar-refractivity contribution in [1.82, 2.24) is 25.0 Å². The molecule has 2 aliphatic heterocycles. The summed E-state index contributed by atoms with van der Waals surface area (Å²) in [5.41, 5.74) is 2.86. The number of H-pyrrole nitrogens is 1. The molecule has 194 valence electrons. The van der Waals surface area contributed by atoms with E-state index in [-0.39, 0.29) is 18.4 Å². The Balaban J connectivity index is 1.45. The van der Waals surface area contributed by atoms with Crippen LogP contribution >= 0.6 is 0 Å². The van der Waals surface area contributed by atoms with Crippen molar-refractivity contribution in [3.05, 3.63) is 53.2 Å². The monoisotopic (exact) mass is 508 g/mol. The number of anilines is 1. The van der Waals surface area contributed by atoms with E-state index in [1.165, 1.54) is 17.2 Å². The first-order chi connectivity index (χ1) is 17.3. The van der Waals surface area contributed by atoms with Crippen molar-refractivity contribution in [3.8, 4) is 0 Å². The Morgan fingerprint density at radius 1 is 1.19 bits per heavy atom. The highest BCUT2D eigenvalue weighted by Crippen LogP contribution is 2.42. The number of fused-ring (bicyclic) bond motifs is 3. The molecular formula is C25H29F5N6. The molecule has 11 heteroatoms. The molecule has 2 N–H and O–H groups in total. The predicted molar refractivity (Wildman–Crippen MR) is 127 cm³/mol. The summed E-state index contributed by atoms with van der Waals surface area (Å²) in [6, 6.07) is 3.67. The average molecular weight is 509 g/mol. The van der Waals surface area contributed by atoms with Crippen LogP contribution in [0.25, 0.3) is 10.9 Å². The number of hydrogen-bond donors (Lipinski definition) is 2. The molecule has 2 atom stereocenters. The molecule has 3 aromatic rings. The van der Waals surface area contributed by atoms with Gasteiger partial charge in [-0.15, -0.1) is 0 Å². The molecule has 0 radical (unpaired) electrons. The van der Waals surface area contributed by atoms with Crippen molar-refractivity contribution in [2.75, 3.05) is 44.8 Å².